The first-order valence-corrected chi connectivity index (χ1v) is 6.11. The Labute approximate surface area is 103 Å². The van der Waals surface area contributed by atoms with Crippen molar-refractivity contribution in [3.63, 3.8) is 0 Å². The lowest BCUT2D eigenvalue weighted by Gasteiger charge is -2.31. The predicted octanol–water partition coefficient (Wildman–Crippen LogP) is 2.37. The van der Waals surface area contributed by atoms with Gasteiger partial charge in [0.2, 0.25) is 0 Å². The molecular weight excluding hydrogens is 218 g/mol. The Morgan fingerprint density at radius 1 is 1.47 bits per heavy atom. The zero-order valence-corrected chi connectivity index (χ0v) is 11.0. The van der Waals surface area contributed by atoms with Crippen molar-refractivity contribution in [3.8, 4) is 0 Å². The Kier molecular flexibility index (Phi) is 4.20. The number of nitrogens with one attached hydrogen (secondary N) is 1. The SMILES string of the molecule is C=CC(NC(=O)OC(C)(C)C)C1(O)CCCC1. The van der Waals surface area contributed by atoms with E-state index in [9.17, 15) is 9.90 Å². The quantitative estimate of drug-likeness (QED) is 0.746. The first kappa shape index (κ1) is 14.0. The summed E-state index contributed by atoms with van der Waals surface area (Å²) < 4.78 is 5.17. The summed E-state index contributed by atoms with van der Waals surface area (Å²) in [6.45, 7) is 9.09. The molecular formula is C13H23NO3. The van der Waals surface area contributed by atoms with E-state index in [0.717, 1.165) is 12.8 Å². The number of ether oxygens (including phenoxy) is 1. The molecule has 1 amide bonds. The van der Waals surface area contributed by atoms with E-state index in [-0.39, 0.29) is 0 Å². The van der Waals surface area contributed by atoms with Gasteiger partial charge < -0.3 is 15.2 Å². The number of carbonyl (C=O) groups is 1. The van der Waals surface area contributed by atoms with Gasteiger partial charge in [0.05, 0.1) is 11.6 Å². The van der Waals surface area contributed by atoms with Crippen LogP contribution in [0.15, 0.2) is 12.7 Å². The van der Waals surface area contributed by atoms with Crippen LogP contribution in [-0.4, -0.2) is 28.4 Å². The highest BCUT2D eigenvalue weighted by Gasteiger charge is 2.39. The van der Waals surface area contributed by atoms with Crippen molar-refractivity contribution in [2.75, 3.05) is 0 Å². The van der Waals surface area contributed by atoms with E-state index < -0.39 is 23.3 Å². The van der Waals surface area contributed by atoms with E-state index in [1.807, 2.05) is 0 Å². The highest BCUT2D eigenvalue weighted by atomic mass is 16.6. The van der Waals surface area contributed by atoms with Gasteiger partial charge in [-0.05, 0) is 33.6 Å². The predicted molar refractivity (Wildman–Crippen MR) is 66.8 cm³/mol. The number of hydrogen-bond acceptors (Lipinski definition) is 3. The molecule has 1 unspecified atom stereocenters. The summed E-state index contributed by atoms with van der Waals surface area (Å²) >= 11 is 0. The molecule has 0 bridgehead atoms. The maximum atomic E-state index is 11.6. The average molecular weight is 241 g/mol. The van der Waals surface area contributed by atoms with Crippen molar-refractivity contribution in [1.82, 2.24) is 5.32 Å². The fourth-order valence-electron chi connectivity index (χ4n) is 2.15. The summed E-state index contributed by atoms with van der Waals surface area (Å²) in [7, 11) is 0. The van der Waals surface area contributed by atoms with Crippen LogP contribution < -0.4 is 5.32 Å². The lowest BCUT2D eigenvalue weighted by molar-refractivity contribution is 0.0102. The standard InChI is InChI=1S/C13H23NO3/c1-5-10(13(16)8-6-7-9-13)14-11(15)17-12(2,3)4/h5,10,16H,1,6-9H2,2-4H3,(H,14,15). The summed E-state index contributed by atoms with van der Waals surface area (Å²) in [4.78, 5) is 11.6. The molecule has 0 heterocycles. The molecule has 1 aliphatic rings. The van der Waals surface area contributed by atoms with Crippen LogP contribution in [0.1, 0.15) is 46.5 Å². The van der Waals surface area contributed by atoms with Crippen molar-refractivity contribution >= 4 is 6.09 Å². The lowest BCUT2D eigenvalue weighted by Crippen LogP contribution is -2.51. The number of rotatable bonds is 3. The van der Waals surface area contributed by atoms with Gasteiger partial charge in [-0.1, -0.05) is 18.9 Å². The number of carbonyl (C=O) groups excluding carboxylic acids is 1. The lowest BCUT2D eigenvalue weighted by atomic mass is 9.92. The molecule has 2 N–H and O–H groups in total. The Morgan fingerprint density at radius 2 is 2.00 bits per heavy atom. The zero-order valence-electron chi connectivity index (χ0n) is 11.0. The van der Waals surface area contributed by atoms with E-state index in [1.54, 1.807) is 26.8 Å². The smallest absolute Gasteiger partial charge is 0.408 e. The Morgan fingerprint density at radius 3 is 2.41 bits per heavy atom. The third-order valence-electron chi connectivity index (χ3n) is 2.96. The molecule has 98 valence electrons. The number of aliphatic hydroxyl groups is 1. The first-order chi connectivity index (χ1) is 7.77. The van der Waals surface area contributed by atoms with Crippen molar-refractivity contribution < 1.29 is 14.6 Å². The van der Waals surface area contributed by atoms with Crippen LogP contribution >= 0.6 is 0 Å². The number of hydrogen-bond donors (Lipinski definition) is 2. The Balaban J connectivity index is 2.58. The summed E-state index contributed by atoms with van der Waals surface area (Å²) in [6, 6.07) is -0.445. The summed E-state index contributed by atoms with van der Waals surface area (Å²) in [5.41, 5.74) is -1.40. The van der Waals surface area contributed by atoms with Crippen molar-refractivity contribution in [2.24, 2.45) is 0 Å². The molecule has 0 aliphatic heterocycles. The molecule has 0 spiro atoms. The van der Waals surface area contributed by atoms with Gasteiger partial charge in [-0.3, -0.25) is 0 Å². The molecule has 0 aromatic heterocycles. The molecule has 1 fully saturated rings. The monoisotopic (exact) mass is 241 g/mol. The van der Waals surface area contributed by atoms with Gasteiger partial charge in [-0.15, -0.1) is 6.58 Å². The second kappa shape index (κ2) is 5.08. The van der Waals surface area contributed by atoms with Crippen LogP contribution in [-0.2, 0) is 4.74 Å². The highest BCUT2D eigenvalue weighted by molar-refractivity contribution is 5.68. The fourth-order valence-corrected chi connectivity index (χ4v) is 2.15. The van der Waals surface area contributed by atoms with Gasteiger partial charge in [-0.25, -0.2) is 4.79 Å². The van der Waals surface area contributed by atoms with Crippen LogP contribution in [0, 0.1) is 0 Å². The molecule has 1 rings (SSSR count). The summed E-state index contributed by atoms with van der Waals surface area (Å²) in [5, 5.41) is 13.0. The first-order valence-electron chi connectivity index (χ1n) is 6.11. The van der Waals surface area contributed by atoms with Crippen LogP contribution in [0.2, 0.25) is 0 Å². The van der Waals surface area contributed by atoms with E-state index in [4.69, 9.17) is 4.74 Å². The largest absolute Gasteiger partial charge is 0.444 e. The van der Waals surface area contributed by atoms with Crippen molar-refractivity contribution in [2.45, 2.75) is 63.7 Å². The van der Waals surface area contributed by atoms with Crippen LogP contribution in [0.25, 0.3) is 0 Å². The van der Waals surface area contributed by atoms with Gasteiger partial charge in [0.15, 0.2) is 0 Å². The molecule has 1 aliphatic carbocycles. The number of alkyl carbamates (subject to hydrolysis) is 1. The normalized spacial score (nSPS) is 20.7. The molecule has 0 aromatic carbocycles. The zero-order chi connectivity index (χ0) is 13.1. The topological polar surface area (TPSA) is 58.6 Å². The van der Waals surface area contributed by atoms with Crippen molar-refractivity contribution in [1.29, 1.82) is 0 Å². The minimum absolute atomic E-state index is 0.445. The molecule has 1 atom stereocenters. The molecule has 0 saturated heterocycles. The van der Waals surface area contributed by atoms with Gasteiger partial charge in [0.25, 0.3) is 0 Å². The van der Waals surface area contributed by atoms with Crippen LogP contribution in [0.5, 0.6) is 0 Å². The Hall–Kier alpha value is -1.03. The van der Waals surface area contributed by atoms with Crippen LogP contribution in [0.3, 0.4) is 0 Å². The van der Waals surface area contributed by atoms with Gasteiger partial charge in [0, 0.05) is 0 Å². The third kappa shape index (κ3) is 4.04. The minimum atomic E-state index is -0.862. The summed E-state index contributed by atoms with van der Waals surface area (Å²) in [5.74, 6) is 0. The Bertz CT molecular complexity index is 288. The van der Waals surface area contributed by atoms with E-state index in [0.29, 0.717) is 12.8 Å². The van der Waals surface area contributed by atoms with E-state index in [1.165, 1.54) is 0 Å². The molecule has 0 aromatic rings. The number of amides is 1. The maximum Gasteiger partial charge on any atom is 0.408 e. The molecule has 1 saturated carbocycles. The molecule has 17 heavy (non-hydrogen) atoms. The van der Waals surface area contributed by atoms with Crippen molar-refractivity contribution in [3.05, 3.63) is 12.7 Å². The highest BCUT2D eigenvalue weighted by Crippen LogP contribution is 2.32. The van der Waals surface area contributed by atoms with Gasteiger partial charge in [0.1, 0.15) is 5.60 Å². The maximum absolute atomic E-state index is 11.6. The van der Waals surface area contributed by atoms with E-state index in [2.05, 4.69) is 11.9 Å². The second-order valence-corrected chi connectivity index (χ2v) is 5.67. The third-order valence-corrected chi connectivity index (χ3v) is 2.96. The average Bonchev–Trinajstić information content (AvgIpc) is 2.59. The van der Waals surface area contributed by atoms with Gasteiger partial charge in [-0.2, -0.15) is 0 Å². The minimum Gasteiger partial charge on any atom is -0.444 e. The van der Waals surface area contributed by atoms with E-state index >= 15 is 0 Å². The van der Waals surface area contributed by atoms with Crippen LogP contribution in [0.4, 0.5) is 4.79 Å². The second-order valence-electron chi connectivity index (χ2n) is 5.67. The molecule has 4 heteroatoms. The fraction of sp³-hybridized carbons (Fsp3) is 0.769. The van der Waals surface area contributed by atoms with Gasteiger partial charge >= 0.3 is 6.09 Å². The molecule has 4 nitrogen and oxygen atoms in total. The summed E-state index contributed by atoms with van der Waals surface area (Å²) in [6.07, 6.45) is 4.42. The molecule has 0 radical (unpaired) electrons.